The van der Waals surface area contributed by atoms with Crippen molar-refractivity contribution in [1.82, 2.24) is 24.4 Å². The van der Waals surface area contributed by atoms with Gasteiger partial charge in [-0.15, -0.1) is 0 Å². The van der Waals surface area contributed by atoms with Gasteiger partial charge in [-0.05, 0) is 38.4 Å². The second kappa shape index (κ2) is 7.63. The van der Waals surface area contributed by atoms with E-state index in [0.29, 0.717) is 35.7 Å². The quantitative estimate of drug-likeness (QED) is 0.598. The zero-order chi connectivity index (χ0) is 23.8. The van der Waals surface area contributed by atoms with Crippen LogP contribution in [0.1, 0.15) is 48.3 Å². The van der Waals surface area contributed by atoms with E-state index in [9.17, 15) is 14.3 Å². The molecule has 1 amide bonds. The number of benzene rings is 1. The lowest BCUT2D eigenvalue weighted by Crippen LogP contribution is -2.73. The highest BCUT2D eigenvalue weighted by atomic mass is 35.5. The largest absolute Gasteiger partial charge is 0.483 e. The molecule has 3 aromatic rings. The maximum Gasteiger partial charge on any atom is 0.258 e. The van der Waals surface area contributed by atoms with E-state index < -0.39 is 17.5 Å². The summed E-state index contributed by atoms with van der Waals surface area (Å²) in [6.45, 7) is 5.57. The van der Waals surface area contributed by atoms with Crippen LogP contribution in [-0.2, 0) is 13.1 Å². The molecule has 0 radical (unpaired) electrons. The van der Waals surface area contributed by atoms with Crippen LogP contribution in [0, 0.1) is 5.82 Å². The Morgan fingerprint density at radius 2 is 2.21 bits per heavy atom. The topological polar surface area (TPSA) is 83.2 Å². The molecule has 178 valence electrons. The van der Waals surface area contributed by atoms with Crippen molar-refractivity contribution in [2.45, 2.75) is 63.6 Å². The van der Waals surface area contributed by atoms with Gasteiger partial charge in [0.05, 0.1) is 53.8 Å². The molecule has 2 aromatic heterocycles. The van der Waals surface area contributed by atoms with Gasteiger partial charge in [0.15, 0.2) is 5.65 Å². The number of aromatic nitrogens is 3. The molecule has 0 spiro atoms. The predicted molar refractivity (Wildman–Crippen MR) is 122 cm³/mol. The van der Waals surface area contributed by atoms with Crippen molar-refractivity contribution in [1.29, 1.82) is 0 Å². The lowest BCUT2D eigenvalue weighted by molar-refractivity contribution is -0.147. The summed E-state index contributed by atoms with van der Waals surface area (Å²) in [4.78, 5) is 21.8. The van der Waals surface area contributed by atoms with Gasteiger partial charge in [0.1, 0.15) is 17.2 Å². The van der Waals surface area contributed by atoms with E-state index in [1.54, 1.807) is 21.8 Å². The molecule has 7 rings (SSSR count). The molecule has 3 aliphatic heterocycles. The molecule has 3 fully saturated rings. The second-order valence-corrected chi connectivity index (χ2v) is 9.99. The SMILES string of the molecule is CCCN1C2CC(O)C1C2(C)Oc1cc(F)ccc1C(=O)N1Cc2nn3cc(Cl)cnc3c2C1. The van der Waals surface area contributed by atoms with Gasteiger partial charge in [-0.1, -0.05) is 18.5 Å². The number of hydrogen-bond acceptors (Lipinski definition) is 6. The van der Waals surface area contributed by atoms with E-state index in [-0.39, 0.29) is 23.7 Å². The molecular weight excluding hydrogens is 461 g/mol. The first-order chi connectivity index (χ1) is 16.3. The summed E-state index contributed by atoms with van der Waals surface area (Å²) < 4.78 is 22.2. The highest BCUT2D eigenvalue weighted by Gasteiger charge is 2.68. The number of rotatable bonds is 5. The van der Waals surface area contributed by atoms with E-state index in [0.717, 1.165) is 24.2 Å². The normalized spacial score (nSPS) is 27.8. The van der Waals surface area contributed by atoms with E-state index in [4.69, 9.17) is 16.3 Å². The third kappa shape index (κ3) is 3.07. The first-order valence-corrected chi connectivity index (χ1v) is 11.9. The monoisotopic (exact) mass is 485 g/mol. The lowest BCUT2D eigenvalue weighted by atomic mass is 9.83. The van der Waals surface area contributed by atoms with Gasteiger partial charge in [-0.3, -0.25) is 9.69 Å². The zero-order valence-corrected chi connectivity index (χ0v) is 19.7. The maximum absolute atomic E-state index is 14.2. The number of amides is 1. The Kier molecular flexibility index (Phi) is 4.88. The lowest BCUT2D eigenvalue weighted by Gasteiger charge is -2.55. The number of aliphatic hydroxyl groups excluding tert-OH is 1. The fraction of sp³-hybridized carbons (Fsp3) is 0.458. The van der Waals surface area contributed by atoms with Crippen LogP contribution < -0.4 is 4.74 Å². The van der Waals surface area contributed by atoms with Crippen LogP contribution in [0.15, 0.2) is 30.6 Å². The Morgan fingerprint density at radius 1 is 1.38 bits per heavy atom. The number of nitrogens with zero attached hydrogens (tertiary/aromatic N) is 5. The second-order valence-electron chi connectivity index (χ2n) is 9.55. The van der Waals surface area contributed by atoms with Crippen molar-refractivity contribution in [3.63, 3.8) is 0 Å². The third-order valence-electron chi connectivity index (χ3n) is 7.42. The minimum absolute atomic E-state index is 0.0288. The minimum Gasteiger partial charge on any atom is -0.483 e. The van der Waals surface area contributed by atoms with Crippen LogP contribution in [0.4, 0.5) is 4.39 Å². The summed E-state index contributed by atoms with van der Waals surface area (Å²) in [6, 6.07) is 3.86. The van der Waals surface area contributed by atoms with Gasteiger partial charge in [0.25, 0.3) is 5.91 Å². The Bertz CT molecular complexity index is 1320. The molecule has 2 saturated heterocycles. The minimum atomic E-state index is -0.684. The van der Waals surface area contributed by atoms with Crippen LogP contribution in [-0.4, -0.2) is 65.7 Å². The molecule has 5 heterocycles. The molecule has 8 nitrogen and oxygen atoms in total. The fourth-order valence-electron chi connectivity index (χ4n) is 6.01. The van der Waals surface area contributed by atoms with Gasteiger partial charge in [-0.25, -0.2) is 13.9 Å². The Balaban J connectivity index is 1.27. The molecule has 1 aromatic carbocycles. The number of carbonyl (C=O) groups is 1. The molecule has 10 heteroatoms. The number of halogens is 2. The van der Waals surface area contributed by atoms with Crippen molar-refractivity contribution >= 4 is 23.2 Å². The van der Waals surface area contributed by atoms with Crippen molar-refractivity contribution < 1.29 is 19.0 Å². The summed E-state index contributed by atoms with van der Waals surface area (Å²) in [5, 5.41) is 15.5. The zero-order valence-electron chi connectivity index (χ0n) is 18.9. The summed E-state index contributed by atoms with van der Waals surface area (Å²) in [5.74, 6) is -0.533. The fourth-order valence-corrected chi connectivity index (χ4v) is 6.15. The van der Waals surface area contributed by atoms with Gasteiger partial charge < -0.3 is 14.7 Å². The number of ether oxygens (including phenoxy) is 1. The van der Waals surface area contributed by atoms with E-state index in [2.05, 4.69) is 21.9 Å². The molecule has 34 heavy (non-hydrogen) atoms. The van der Waals surface area contributed by atoms with Crippen LogP contribution in [0.5, 0.6) is 5.75 Å². The number of hydrogen-bond donors (Lipinski definition) is 1. The number of aliphatic hydroxyl groups is 1. The molecule has 1 N–H and O–H groups in total. The summed E-state index contributed by atoms with van der Waals surface area (Å²) in [7, 11) is 0. The maximum atomic E-state index is 14.2. The Hall–Kier alpha value is -2.75. The number of carbonyl (C=O) groups excluding carboxylic acids is 1. The Labute approximate surface area is 200 Å². The van der Waals surface area contributed by atoms with Gasteiger partial charge >= 0.3 is 0 Å². The number of fused-ring (bicyclic) bond motifs is 4. The Morgan fingerprint density at radius 3 is 2.94 bits per heavy atom. The first-order valence-electron chi connectivity index (χ1n) is 11.5. The van der Waals surface area contributed by atoms with Crippen LogP contribution in [0.2, 0.25) is 5.02 Å². The summed E-state index contributed by atoms with van der Waals surface area (Å²) in [5.41, 5.74) is 1.90. The summed E-state index contributed by atoms with van der Waals surface area (Å²) >= 11 is 6.01. The van der Waals surface area contributed by atoms with Gasteiger partial charge in [0.2, 0.25) is 0 Å². The third-order valence-corrected chi connectivity index (χ3v) is 7.61. The smallest absolute Gasteiger partial charge is 0.258 e. The molecule has 1 aliphatic carbocycles. The van der Waals surface area contributed by atoms with Crippen molar-refractivity contribution in [3.05, 3.63) is 58.3 Å². The van der Waals surface area contributed by atoms with Crippen LogP contribution >= 0.6 is 11.6 Å². The molecule has 4 atom stereocenters. The van der Waals surface area contributed by atoms with Crippen molar-refractivity contribution in [2.24, 2.45) is 0 Å². The van der Waals surface area contributed by atoms with Gasteiger partial charge in [-0.2, -0.15) is 5.10 Å². The molecule has 4 unspecified atom stereocenters. The van der Waals surface area contributed by atoms with E-state index in [1.165, 1.54) is 18.2 Å². The van der Waals surface area contributed by atoms with Crippen LogP contribution in [0.3, 0.4) is 0 Å². The average Bonchev–Trinajstić information content (AvgIpc) is 3.50. The molecule has 1 saturated carbocycles. The highest BCUT2D eigenvalue weighted by Crippen LogP contribution is 2.51. The standard InChI is InChI=1S/C24H25ClFN5O3/c1-3-6-30-20-8-18(32)21(30)24(20,2)34-19-7-14(26)4-5-15(19)23(33)29-11-16-17(12-29)28-31-10-13(25)9-27-22(16)31/h4-5,7,9-10,18,20-21,32H,3,6,8,11-12H2,1-2H3. The molecule has 2 bridgehead atoms. The first kappa shape index (κ1) is 21.8. The molecule has 4 aliphatic rings. The predicted octanol–water partition coefficient (Wildman–Crippen LogP) is 3.04. The average molecular weight is 486 g/mol. The summed E-state index contributed by atoms with van der Waals surface area (Å²) in [6.07, 6.45) is 4.32. The van der Waals surface area contributed by atoms with Gasteiger partial charge in [0, 0.05) is 17.8 Å². The highest BCUT2D eigenvalue weighted by molar-refractivity contribution is 6.30. The van der Waals surface area contributed by atoms with Crippen molar-refractivity contribution in [3.8, 4) is 5.75 Å². The van der Waals surface area contributed by atoms with Crippen LogP contribution in [0.25, 0.3) is 5.65 Å². The van der Waals surface area contributed by atoms with E-state index in [1.807, 2.05) is 6.92 Å². The molecular formula is C24H25ClFN5O3. The van der Waals surface area contributed by atoms with Crippen molar-refractivity contribution in [2.75, 3.05) is 6.54 Å². The van der Waals surface area contributed by atoms with E-state index >= 15 is 0 Å².